The highest BCUT2D eigenvalue weighted by Gasteiger charge is 2.36. The second-order valence-electron chi connectivity index (χ2n) is 17.5. The van der Waals surface area contributed by atoms with Gasteiger partial charge in [0.25, 0.3) is 0 Å². The number of hydrogen-bond acceptors (Lipinski definition) is 14. The Bertz CT molecular complexity index is 1890. The molecule has 396 valence electrons. The van der Waals surface area contributed by atoms with Gasteiger partial charge in [-0.3, -0.25) is 57.7 Å². The van der Waals surface area contributed by atoms with E-state index in [4.69, 9.17) is 28.7 Å². The van der Waals surface area contributed by atoms with Gasteiger partial charge in [0.1, 0.15) is 42.3 Å². The van der Waals surface area contributed by atoms with E-state index in [1.54, 1.807) is 34.6 Å². The van der Waals surface area contributed by atoms with Crippen LogP contribution in [0, 0.1) is 17.8 Å². The number of carboxylic acid groups (broad SMARTS) is 2. The largest absolute Gasteiger partial charge is 0.481 e. The average molecular weight is 999 g/mol. The van der Waals surface area contributed by atoms with Crippen LogP contribution in [-0.2, 0) is 57.5 Å². The molecule has 0 aromatic carbocycles. The summed E-state index contributed by atoms with van der Waals surface area (Å²) >= 11 is 0. The normalized spacial score (nSPS) is 14.8. The van der Waals surface area contributed by atoms with E-state index in [0.717, 1.165) is 0 Å². The molecule has 0 spiro atoms. The Hall–Kier alpha value is -7.13. The minimum absolute atomic E-state index is 0.0168. The molecule has 0 heterocycles. The Morgan fingerprint density at radius 2 is 1.04 bits per heavy atom. The van der Waals surface area contributed by atoms with Crippen LogP contribution >= 0.6 is 0 Å². The molecule has 0 aromatic heterocycles. The summed E-state index contributed by atoms with van der Waals surface area (Å²) in [5.74, 6) is -13.8. The number of nitrogens with zero attached hydrogens (tertiary/aromatic N) is 1. The summed E-state index contributed by atoms with van der Waals surface area (Å²) in [4.78, 5) is 158. The highest BCUT2D eigenvalue weighted by atomic mass is 16.4. The molecule has 0 aliphatic heterocycles. The molecule has 28 nitrogen and oxygen atoms in total. The minimum atomic E-state index is -1.79. The number of rotatable bonds is 34. The number of hydrogen-bond donors (Lipinski definition) is 15. The lowest BCUT2D eigenvalue weighted by molar-refractivity contribution is -0.142. The molecule has 0 saturated heterocycles. The van der Waals surface area contributed by atoms with Crippen LogP contribution in [0.1, 0.15) is 106 Å². The molecule has 0 saturated carbocycles. The molecule has 0 aliphatic carbocycles. The van der Waals surface area contributed by atoms with Gasteiger partial charge in [-0.05, 0) is 56.8 Å². The molecule has 20 N–H and O–H groups in total. The number of nitrogens with one attached hydrogen (secondary N) is 8. The van der Waals surface area contributed by atoms with E-state index in [1.165, 1.54) is 13.8 Å². The molecular weight excluding hydrogens is 925 g/mol. The molecule has 0 bridgehead atoms. The average Bonchev–Trinajstić information content (AvgIpc) is 3.25. The van der Waals surface area contributed by atoms with E-state index >= 15 is 0 Å². The first kappa shape index (κ1) is 62.9. The number of primary amides is 2. The molecule has 0 radical (unpaired) electrons. The highest BCUT2D eigenvalue weighted by Crippen LogP contribution is 2.13. The molecule has 10 amide bonds. The molecule has 70 heavy (non-hydrogen) atoms. The van der Waals surface area contributed by atoms with Crippen molar-refractivity contribution < 1.29 is 67.7 Å². The lowest BCUT2D eigenvalue weighted by atomic mass is 9.96. The maximum atomic E-state index is 13.9. The van der Waals surface area contributed by atoms with Crippen molar-refractivity contribution >= 4 is 77.0 Å². The third-order valence-corrected chi connectivity index (χ3v) is 10.4. The molecule has 0 aromatic rings. The van der Waals surface area contributed by atoms with Crippen molar-refractivity contribution in [1.29, 1.82) is 0 Å². The van der Waals surface area contributed by atoms with Crippen LogP contribution < -0.4 is 71.2 Å². The summed E-state index contributed by atoms with van der Waals surface area (Å²) in [5.41, 5.74) is 26.8. The van der Waals surface area contributed by atoms with Gasteiger partial charge in [-0.15, -0.1) is 0 Å². The van der Waals surface area contributed by atoms with Gasteiger partial charge in [0.05, 0.1) is 19.0 Å². The van der Waals surface area contributed by atoms with Gasteiger partial charge in [0.2, 0.25) is 59.1 Å². The monoisotopic (exact) mass is 999 g/mol. The Morgan fingerprint density at radius 3 is 1.54 bits per heavy atom. The highest BCUT2D eigenvalue weighted by molar-refractivity contribution is 5.98. The fourth-order valence-corrected chi connectivity index (χ4v) is 6.35. The summed E-state index contributed by atoms with van der Waals surface area (Å²) in [6.45, 7) is 10.8. The summed E-state index contributed by atoms with van der Waals surface area (Å²) in [5, 5.41) is 38.2. The Morgan fingerprint density at radius 1 is 0.543 bits per heavy atom. The fraction of sp³-hybridized carbons (Fsp3) is 0.690. The first-order valence-corrected chi connectivity index (χ1v) is 22.7. The van der Waals surface area contributed by atoms with Gasteiger partial charge in [-0.25, -0.2) is 4.79 Å². The number of aliphatic imine (C=N–C) groups is 1. The third kappa shape index (κ3) is 25.3. The zero-order chi connectivity index (χ0) is 54.0. The van der Waals surface area contributed by atoms with Crippen molar-refractivity contribution in [1.82, 2.24) is 42.5 Å². The van der Waals surface area contributed by atoms with Crippen molar-refractivity contribution in [3.05, 3.63) is 0 Å². The summed E-state index contributed by atoms with van der Waals surface area (Å²) in [7, 11) is 0. The maximum Gasteiger partial charge on any atom is 0.326 e. The van der Waals surface area contributed by atoms with Crippen LogP contribution in [0.25, 0.3) is 0 Å². The van der Waals surface area contributed by atoms with E-state index in [2.05, 4.69) is 47.5 Å². The van der Waals surface area contributed by atoms with Crippen molar-refractivity contribution in [3.63, 3.8) is 0 Å². The van der Waals surface area contributed by atoms with E-state index < -0.39 is 170 Å². The predicted octanol–water partition coefficient (Wildman–Crippen LogP) is -5.26. The Balaban J connectivity index is 6.40. The van der Waals surface area contributed by atoms with Crippen LogP contribution in [0.15, 0.2) is 4.99 Å². The van der Waals surface area contributed by atoms with Gasteiger partial charge in [-0.2, -0.15) is 0 Å². The van der Waals surface area contributed by atoms with Crippen molar-refractivity contribution in [2.24, 2.45) is 51.4 Å². The number of carboxylic acids is 2. The number of nitrogens with two attached hydrogens (primary N) is 5. The molecule has 0 fully saturated rings. The Kier molecular flexibility index (Phi) is 28.6. The third-order valence-electron chi connectivity index (χ3n) is 10.4. The predicted molar refractivity (Wildman–Crippen MR) is 251 cm³/mol. The summed E-state index contributed by atoms with van der Waals surface area (Å²) < 4.78 is 0. The van der Waals surface area contributed by atoms with Gasteiger partial charge < -0.3 is 81.4 Å². The maximum absolute atomic E-state index is 13.9. The van der Waals surface area contributed by atoms with Gasteiger partial charge >= 0.3 is 11.9 Å². The van der Waals surface area contributed by atoms with Crippen LogP contribution in [0.5, 0.6) is 0 Å². The number of carbonyl (C=O) groups is 12. The van der Waals surface area contributed by atoms with Crippen LogP contribution in [0.2, 0.25) is 0 Å². The first-order valence-electron chi connectivity index (χ1n) is 22.7. The quantitative estimate of drug-likeness (QED) is 0.0163. The van der Waals surface area contributed by atoms with Crippen molar-refractivity contribution in [3.8, 4) is 0 Å². The van der Waals surface area contributed by atoms with Crippen LogP contribution in [0.3, 0.4) is 0 Å². The van der Waals surface area contributed by atoms with E-state index in [9.17, 15) is 67.7 Å². The van der Waals surface area contributed by atoms with Gasteiger partial charge in [0, 0.05) is 19.4 Å². The van der Waals surface area contributed by atoms with Gasteiger partial charge in [-0.1, -0.05) is 48.0 Å². The number of guanidine groups is 1. The van der Waals surface area contributed by atoms with Crippen molar-refractivity contribution in [2.75, 3.05) is 13.1 Å². The zero-order valence-electron chi connectivity index (χ0n) is 40.8. The summed E-state index contributed by atoms with van der Waals surface area (Å²) in [6, 6.07) is -11.3. The Labute approximate surface area is 405 Å². The summed E-state index contributed by atoms with van der Waals surface area (Å²) in [6.07, 6.45) is -2.71. The second kappa shape index (κ2) is 31.8. The molecule has 0 unspecified atom stereocenters. The topological polar surface area (TPSA) is 484 Å². The first-order chi connectivity index (χ1) is 32.5. The SMILES string of the molecule is CC[C@H](C)[C@H](NC(=O)[C@H](CCC(=O)O)NC(=O)CNC(=O)[C@H](CC(C)C)NC(=O)[C@@H](NC(=O)[C@H](C)N)C(C)C)C(=O)N[C@@H](CCC(N)=O)C(=O)N[C@@H](CC(N)=O)C(=O)N[C@@H](CCCN=C(N)N)C(=O)O. The van der Waals surface area contributed by atoms with Crippen molar-refractivity contribution in [2.45, 2.75) is 155 Å². The lowest BCUT2D eigenvalue weighted by Crippen LogP contribution is -2.60. The molecule has 0 rings (SSSR count). The molecule has 28 heteroatoms. The van der Waals surface area contributed by atoms with E-state index in [0.29, 0.717) is 0 Å². The fourth-order valence-electron chi connectivity index (χ4n) is 6.35. The second-order valence-corrected chi connectivity index (χ2v) is 17.5. The standard InChI is InChI=1S/C42H74N14O14/c1-8-21(6)33(40(68)51-24(11-13-28(44)57)36(64)53-27(17-29(45)58)38(66)52-25(41(69)70)10-9-15-48-42(46)47)56-37(65)23(12-14-31(60)61)50-30(59)18-49-35(63)26(16-19(2)3)54-39(67)32(20(4)5)55-34(62)22(7)43/h19-27,32-33H,8-18,43H2,1-7H3,(H2,44,57)(H2,45,58)(H,49,63)(H,50,59)(H,51,68)(H,52,66)(H,53,64)(H,54,67)(H,55,62)(H,56,65)(H,60,61)(H,69,70)(H4,46,47,48)/t21-,22-,23-,24-,25-,26-,27-,32-,33-/m0/s1. The lowest BCUT2D eigenvalue weighted by Gasteiger charge is -2.29. The molecule has 0 aliphatic rings. The number of aliphatic carboxylic acids is 2. The van der Waals surface area contributed by atoms with Crippen LogP contribution in [-0.4, -0.2) is 149 Å². The number of amides is 10. The van der Waals surface area contributed by atoms with Crippen LogP contribution in [0.4, 0.5) is 0 Å². The number of carbonyl (C=O) groups excluding carboxylic acids is 10. The van der Waals surface area contributed by atoms with E-state index in [-0.39, 0.29) is 44.1 Å². The molecular formula is C42H74N14O14. The minimum Gasteiger partial charge on any atom is -0.481 e. The van der Waals surface area contributed by atoms with E-state index in [1.807, 2.05) is 0 Å². The van der Waals surface area contributed by atoms with Gasteiger partial charge in [0.15, 0.2) is 5.96 Å². The zero-order valence-corrected chi connectivity index (χ0v) is 40.8. The smallest absolute Gasteiger partial charge is 0.326 e. The molecule has 9 atom stereocenters.